The molecule has 2 N–H and O–H groups in total. The molecule has 0 bridgehead atoms. The Balaban J connectivity index is 2.65. The second kappa shape index (κ2) is 3.34. The summed E-state index contributed by atoms with van der Waals surface area (Å²) in [6, 6.07) is 1.92. The molecule has 0 saturated carbocycles. The summed E-state index contributed by atoms with van der Waals surface area (Å²) in [5, 5.41) is 4.20. The van der Waals surface area contributed by atoms with Gasteiger partial charge in [0.05, 0.1) is 12.2 Å². The summed E-state index contributed by atoms with van der Waals surface area (Å²) in [4.78, 5) is 0. The zero-order valence-electron chi connectivity index (χ0n) is 6.75. The van der Waals surface area contributed by atoms with Crippen LogP contribution in [-0.4, -0.2) is 9.78 Å². The van der Waals surface area contributed by atoms with Crippen LogP contribution in [0, 0.1) is 0 Å². The molecule has 0 unspecified atom stereocenters. The van der Waals surface area contributed by atoms with Crippen LogP contribution in [-0.2, 0) is 13.1 Å². The SMILES string of the molecule is C=C(C)Cn1ccc(CN)n1. The predicted molar refractivity (Wildman–Crippen MR) is 44.9 cm³/mol. The first kappa shape index (κ1) is 8.01. The third-order valence-electron chi connectivity index (χ3n) is 1.34. The molecule has 3 nitrogen and oxygen atoms in total. The lowest BCUT2D eigenvalue weighted by Crippen LogP contribution is -2.02. The normalized spacial score (nSPS) is 10.0. The van der Waals surface area contributed by atoms with Gasteiger partial charge in [0.15, 0.2) is 0 Å². The van der Waals surface area contributed by atoms with Gasteiger partial charge in [0.25, 0.3) is 0 Å². The molecule has 0 radical (unpaired) electrons. The maximum Gasteiger partial charge on any atom is 0.0760 e. The van der Waals surface area contributed by atoms with Gasteiger partial charge in [-0.15, -0.1) is 0 Å². The van der Waals surface area contributed by atoms with Gasteiger partial charge in [-0.3, -0.25) is 4.68 Å². The maximum atomic E-state index is 5.40. The molecule has 1 aromatic heterocycles. The van der Waals surface area contributed by atoms with Crippen LogP contribution >= 0.6 is 0 Å². The molecule has 0 saturated heterocycles. The summed E-state index contributed by atoms with van der Waals surface area (Å²) < 4.78 is 1.84. The fraction of sp³-hybridized carbons (Fsp3) is 0.375. The van der Waals surface area contributed by atoms with E-state index in [2.05, 4.69) is 11.7 Å². The van der Waals surface area contributed by atoms with E-state index in [0.29, 0.717) is 6.54 Å². The van der Waals surface area contributed by atoms with E-state index in [1.165, 1.54) is 0 Å². The molecule has 0 fully saturated rings. The highest BCUT2D eigenvalue weighted by atomic mass is 15.3. The van der Waals surface area contributed by atoms with E-state index in [4.69, 9.17) is 5.73 Å². The summed E-state index contributed by atoms with van der Waals surface area (Å²) in [7, 11) is 0. The van der Waals surface area contributed by atoms with E-state index in [1.54, 1.807) is 0 Å². The molecule has 0 aliphatic heterocycles. The summed E-state index contributed by atoms with van der Waals surface area (Å²) in [6.07, 6.45) is 1.91. The Labute approximate surface area is 66.5 Å². The van der Waals surface area contributed by atoms with Crippen molar-refractivity contribution < 1.29 is 0 Å². The average Bonchev–Trinajstić information content (AvgIpc) is 2.34. The van der Waals surface area contributed by atoms with Crippen LogP contribution in [0.5, 0.6) is 0 Å². The number of nitrogens with two attached hydrogens (primary N) is 1. The van der Waals surface area contributed by atoms with Crippen LogP contribution in [0.2, 0.25) is 0 Å². The second-order valence-electron chi connectivity index (χ2n) is 2.67. The first-order chi connectivity index (χ1) is 5.22. The third kappa shape index (κ3) is 2.20. The Bertz CT molecular complexity index is 250. The molecule has 3 heteroatoms. The summed E-state index contributed by atoms with van der Waals surface area (Å²) in [5.74, 6) is 0. The van der Waals surface area contributed by atoms with Gasteiger partial charge in [-0.2, -0.15) is 5.10 Å². The Hall–Kier alpha value is -1.09. The standard InChI is InChI=1S/C8H13N3/c1-7(2)6-11-4-3-8(5-9)10-11/h3-4H,1,5-6,9H2,2H3. The highest BCUT2D eigenvalue weighted by Crippen LogP contribution is 1.97. The van der Waals surface area contributed by atoms with Gasteiger partial charge >= 0.3 is 0 Å². The van der Waals surface area contributed by atoms with Gasteiger partial charge in [-0.25, -0.2) is 0 Å². The van der Waals surface area contributed by atoms with E-state index in [9.17, 15) is 0 Å². The van der Waals surface area contributed by atoms with E-state index in [-0.39, 0.29) is 0 Å². The second-order valence-corrected chi connectivity index (χ2v) is 2.67. The Morgan fingerprint density at radius 1 is 1.82 bits per heavy atom. The maximum absolute atomic E-state index is 5.40. The van der Waals surface area contributed by atoms with Gasteiger partial charge in [-0.05, 0) is 13.0 Å². The molecule has 60 valence electrons. The average molecular weight is 151 g/mol. The molecule has 11 heavy (non-hydrogen) atoms. The van der Waals surface area contributed by atoms with Crippen molar-refractivity contribution in [3.63, 3.8) is 0 Å². The first-order valence-corrected chi connectivity index (χ1v) is 3.59. The van der Waals surface area contributed by atoms with Gasteiger partial charge in [0.2, 0.25) is 0 Å². The van der Waals surface area contributed by atoms with Gasteiger partial charge in [0.1, 0.15) is 0 Å². The highest BCUT2D eigenvalue weighted by Gasteiger charge is 1.95. The Kier molecular flexibility index (Phi) is 2.44. The summed E-state index contributed by atoms with van der Waals surface area (Å²) >= 11 is 0. The van der Waals surface area contributed by atoms with E-state index < -0.39 is 0 Å². The molecular weight excluding hydrogens is 138 g/mol. The topological polar surface area (TPSA) is 43.8 Å². The predicted octanol–water partition coefficient (Wildman–Crippen LogP) is 0.918. The lowest BCUT2D eigenvalue weighted by atomic mass is 10.4. The van der Waals surface area contributed by atoms with Crippen molar-refractivity contribution in [2.75, 3.05) is 0 Å². The molecule has 1 rings (SSSR count). The molecule has 1 aromatic rings. The molecule has 0 aliphatic rings. The highest BCUT2D eigenvalue weighted by molar-refractivity contribution is 4.99. The minimum Gasteiger partial charge on any atom is -0.325 e. The largest absolute Gasteiger partial charge is 0.325 e. The van der Waals surface area contributed by atoms with Crippen molar-refractivity contribution >= 4 is 0 Å². The fourth-order valence-corrected chi connectivity index (χ4v) is 0.877. The first-order valence-electron chi connectivity index (χ1n) is 3.59. The summed E-state index contributed by atoms with van der Waals surface area (Å²) in [5.41, 5.74) is 7.41. The van der Waals surface area contributed by atoms with Crippen molar-refractivity contribution in [3.8, 4) is 0 Å². The Morgan fingerprint density at radius 2 is 2.55 bits per heavy atom. The van der Waals surface area contributed by atoms with Crippen LogP contribution < -0.4 is 5.73 Å². The lowest BCUT2D eigenvalue weighted by molar-refractivity contribution is 0.664. The van der Waals surface area contributed by atoms with E-state index in [1.807, 2.05) is 23.9 Å². The number of hydrogen-bond donors (Lipinski definition) is 1. The number of hydrogen-bond acceptors (Lipinski definition) is 2. The monoisotopic (exact) mass is 151 g/mol. The molecule has 0 spiro atoms. The van der Waals surface area contributed by atoms with Crippen LogP contribution in [0.4, 0.5) is 0 Å². The molecule has 1 heterocycles. The Morgan fingerprint density at radius 3 is 3.00 bits per heavy atom. The van der Waals surface area contributed by atoms with Gasteiger partial charge in [-0.1, -0.05) is 12.2 Å². The van der Waals surface area contributed by atoms with Crippen molar-refractivity contribution in [1.29, 1.82) is 0 Å². The zero-order chi connectivity index (χ0) is 8.27. The van der Waals surface area contributed by atoms with Gasteiger partial charge in [0, 0.05) is 12.7 Å². The smallest absolute Gasteiger partial charge is 0.0760 e. The number of nitrogens with zero attached hydrogens (tertiary/aromatic N) is 2. The lowest BCUT2D eigenvalue weighted by Gasteiger charge is -1.98. The minimum atomic E-state index is 0.503. The number of rotatable bonds is 3. The molecule has 0 amide bonds. The van der Waals surface area contributed by atoms with Crippen molar-refractivity contribution in [1.82, 2.24) is 9.78 Å². The van der Waals surface area contributed by atoms with E-state index in [0.717, 1.165) is 17.8 Å². The van der Waals surface area contributed by atoms with Crippen molar-refractivity contribution in [3.05, 3.63) is 30.1 Å². The number of allylic oxidation sites excluding steroid dienone is 1. The molecule has 0 aliphatic carbocycles. The fourth-order valence-electron chi connectivity index (χ4n) is 0.877. The van der Waals surface area contributed by atoms with E-state index >= 15 is 0 Å². The zero-order valence-corrected chi connectivity index (χ0v) is 6.75. The van der Waals surface area contributed by atoms with Crippen LogP contribution in [0.15, 0.2) is 24.4 Å². The molecule has 0 atom stereocenters. The number of aromatic nitrogens is 2. The van der Waals surface area contributed by atoms with Crippen molar-refractivity contribution in [2.45, 2.75) is 20.0 Å². The summed E-state index contributed by atoms with van der Waals surface area (Å²) in [6.45, 7) is 7.05. The quantitative estimate of drug-likeness (QED) is 0.653. The van der Waals surface area contributed by atoms with Crippen LogP contribution in [0.25, 0.3) is 0 Å². The van der Waals surface area contributed by atoms with Crippen LogP contribution in [0.3, 0.4) is 0 Å². The minimum absolute atomic E-state index is 0.503. The van der Waals surface area contributed by atoms with Gasteiger partial charge < -0.3 is 5.73 Å². The van der Waals surface area contributed by atoms with Crippen molar-refractivity contribution in [2.24, 2.45) is 5.73 Å². The molecule has 0 aromatic carbocycles. The van der Waals surface area contributed by atoms with Crippen LogP contribution in [0.1, 0.15) is 12.6 Å². The third-order valence-corrected chi connectivity index (χ3v) is 1.34. The molecular formula is C8H13N3.